The van der Waals surface area contributed by atoms with E-state index in [1.165, 1.54) is 27.8 Å². The van der Waals surface area contributed by atoms with Gasteiger partial charge in [-0.3, -0.25) is 0 Å². The number of hydrogen-bond donors (Lipinski definition) is 0. The fourth-order valence-electron chi connectivity index (χ4n) is 2.13. The second-order valence-corrected chi connectivity index (χ2v) is 4.97. The van der Waals surface area contributed by atoms with Gasteiger partial charge in [-0.1, -0.05) is 72.3 Å². The van der Waals surface area contributed by atoms with Crippen LogP contribution in [0.25, 0.3) is 11.1 Å². The van der Waals surface area contributed by atoms with Crippen LogP contribution in [0.1, 0.15) is 31.9 Å². The molecule has 0 aromatic heterocycles. The number of hydrogen-bond acceptors (Lipinski definition) is 0. The van der Waals surface area contributed by atoms with E-state index in [0.717, 1.165) is 0 Å². The first-order chi connectivity index (χ1) is 9.18. The fourth-order valence-corrected chi connectivity index (χ4v) is 2.13. The zero-order valence-electron chi connectivity index (χ0n) is 11.9. The molecule has 96 valence electrons. The van der Waals surface area contributed by atoms with E-state index in [2.05, 4.69) is 87.5 Å². The highest BCUT2D eigenvalue weighted by Crippen LogP contribution is 2.24. The Morgan fingerprint density at radius 1 is 0.684 bits per heavy atom. The molecule has 0 aliphatic heterocycles. The topological polar surface area (TPSA) is 0 Å². The van der Waals surface area contributed by atoms with Gasteiger partial charge in [0.15, 0.2) is 0 Å². The van der Waals surface area contributed by atoms with Gasteiger partial charge in [-0.15, -0.1) is 0 Å². The molecule has 2 rings (SSSR count). The molecule has 0 spiro atoms. The molecule has 2 aromatic rings. The van der Waals surface area contributed by atoms with Crippen LogP contribution in [0.5, 0.6) is 0 Å². The molecule has 0 unspecified atom stereocenters. The van der Waals surface area contributed by atoms with Crippen LogP contribution in [0.3, 0.4) is 0 Å². The third-order valence-electron chi connectivity index (χ3n) is 3.21. The number of allylic oxidation sites excluding steroid dienone is 4. The number of rotatable bonds is 3. The summed E-state index contributed by atoms with van der Waals surface area (Å²) >= 11 is 0. The first kappa shape index (κ1) is 13.4. The van der Waals surface area contributed by atoms with E-state index in [9.17, 15) is 0 Å². The van der Waals surface area contributed by atoms with Crippen molar-refractivity contribution in [1.82, 2.24) is 0 Å². The molecule has 0 amide bonds. The van der Waals surface area contributed by atoms with Crippen LogP contribution in [-0.4, -0.2) is 0 Å². The summed E-state index contributed by atoms with van der Waals surface area (Å²) in [5, 5.41) is 0. The van der Waals surface area contributed by atoms with Gasteiger partial charge >= 0.3 is 0 Å². The SMILES string of the molecule is CC(=CC(=C(C)C)c1ccccc1)c1ccccc1. The maximum Gasteiger partial charge on any atom is -0.0185 e. The first-order valence-electron chi connectivity index (χ1n) is 6.65. The third-order valence-corrected chi connectivity index (χ3v) is 3.21. The average Bonchev–Trinajstić information content (AvgIpc) is 2.46. The van der Waals surface area contributed by atoms with Gasteiger partial charge in [-0.05, 0) is 43.0 Å². The molecule has 0 aliphatic carbocycles. The zero-order chi connectivity index (χ0) is 13.7. The maximum atomic E-state index is 2.28. The van der Waals surface area contributed by atoms with Crippen LogP contribution in [0.4, 0.5) is 0 Å². The normalized spacial score (nSPS) is 11.2. The van der Waals surface area contributed by atoms with E-state index >= 15 is 0 Å². The number of benzene rings is 2. The molecule has 0 nitrogen and oxygen atoms in total. The monoisotopic (exact) mass is 248 g/mol. The van der Waals surface area contributed by atoms with Gasteiger partial charge in [-0.25, -0.2) is 0 Å². The smallest absolute Gasteiger partial charge is 0.0185 e. The van der Waals surface area contributed by atoms with E-state index in [-0.39, 0.29) is 0 Å². The van der Waals surface area contributed by atoms with Crippen LogP contribution >= 0.6 is 0 Å². The molecule has 0 radical (unpaired) electrons. The Morgan fingerprint density at radius 3 is 1.63 bits per heavy atom. The fraction of sp³-hybridized carbons (Fsp3) is 0.158. The van der Waals surface area contributed by atoms with Crippen molar-refractivity contribution in [2.45, 2.75) is 20.8 Å². The molecule has 0 atom stereocenters. The van der Waals surface area contributed by atoms with Gasteiger partial charge in [0.25, 0.3) is 0 Å². The molecule has 0 heteroatoms. The minimum atomic E-state index is 1.28. The molecule has 0 fully saturated rings. The Balaban J connectivity index is 2.41. The lowest BCUT2D eigenvalue weighted by Gasteiger charge is -2.08. The lowest BCUT2D eigenvalue weighted by atomic mass is 9.97. The predicted molar refractivity (Wildman–Crippen MR) is 84.8 cm³/mol. The maximum absolute atomic E-state index is 2.28. The van der Waals surface area contributed by atoms with Crippen LogP contribution in [-0.2, 0) is 0 Å². The largest absolute Gasteiger partial charge is 0.0686 e. The quantitative estimate of drug-likeness (QED) is 0.622. The van der Waals surface area contributed by atoms with Crippen LogP contribution in [0, 0.1) is 0 Å². The molecule has 0 saturated carbocycles. The van der Waals surface area contributed by atoms with Crippen molar-refractivity contribution < 1.29 is 0 Å². The van der Waals surface area contributed by atoms with Gasteiger partial charge in [0.2, 0.25) is 0 Å². The van der Waals surface area contributed by atoms with E-state index in [1.807, 2.05) is 0 Å². The Labute approximate surface area is 116 Å². The van der Waals surface area contributed by atoms with Crippen LogP contribution in [0.15, 0.2) is 72.3 Å². The van der Waals surface area contributed by atoms with Gasteiger partial charge in [0, 0.05) is 0 Å². The minimum absolute atomic E-state index is 1.28. The second kappa shape index (κ2) is 6.19. The van der Waals surface area contributed by atoms with Crippen molar-refractivity contribution in [2.75, 3.05) is 0 Å². The molecular weight excluding hydrogens is 228 g/mol. The average molecular weight is 248 g/mol. The minimum Gasteiger partial charge on any atom is -0.0686 e. The van der Waals surface area contributed by atoms with Crippen molar-refractivity contribution in [3.05, 3.63) is 83.4 Å². The summed E-state index contributed by atoms with van der Waals surface area (Å²) in [6, 6.07) is 21.1. The van der Waals surface area contributed by atoms with Crippen molar-refractivity contribution >= 4 is 11.1 Å². The highest BCUT2D eigenvalue weighted by molar-refractivity contribution is 5.84. The lowest BCUT2D eigenvalue weighted by Crippen LogP contribution is -1.86. The zero-order valence-corrected chi connectivity index (χ0v) is 11.9. The lowest BCUT2D eigenvalue weighted by molar-refractivity contribution is 1.39. The van der Waals surface area contributed by atoms with E-state index in [1.54, 1.807) is 0 Å². The molecule has 2 aromatic carbocycles. The standard InChI is InChI=1S/C19H20/c1-15(2)19(18-12-8-5-9-13-18)14-16(3)17-10-6-4-7-11-17/h4-14H,1-3H3. The highest BCUT2D eigenvalue weighted by Gasteiger charge is 2.02. The van der Waals surface area contributed by atoms with Crippen molar-refractivity contribution in [2.24, 2.45) is 0 Å². The molecule has 0 saturated heterocycles. The van der Waals surface area contributed by atoms with Gasteiger partial charge in [-0.2, -0.15) is 0 Å². The predicted octanol–water partition coefficient (Wildman–Crippen LogP) is 5.58. The van der Waals surface area contributed by atoms with E-state index in [0.29, 0.717) is 0 Å². The molecule has 19 heavy (non-hydrogen) atoms. The molecule has 0 bridgehead atoms. The van der Waals surface area contributed by atoms with E-state index < -0.39 is 0 Å². The summed E-state index contributed by atoms with van der Waals surface area (Å²) in [6.07, 6.45) is 2.28. The van der Waals surface area contributed by atoms with Crippen LogP contribution < -0.4 is 0 Å². The molecule has 0 N–H and O–H groups in total. The van der Waals surface area contributed by atoms with Gasteiger partial charge in [0.1, 0.15) is 0 Å². The molecule has 0 heterocycles. The molecule has 0 aliphatic rings. The summed E-state index contributed by atoms with van der Waals surface area (Å²) in [7, 11) is 0. The summed E-state index contributed by atoms with van der Waals surface area (Å²) in [5.41, 5.74) is 6.49. The third kappa shape index (κ3) is 3.45. The van der Waals surface area contributed by atoms with Gasteiger partial charge in [0.05, 0.1) is 0 Å². The van der Waals surface area contributed by atoms with Crippen molar-refractivity contribution in [3.63, 3.8) is 0 Å². The Hall–Kier alpha value is -2.08. The second-order valence-electron chi connectivity index (χ2n) is 4.97. The summed E-state index contributed by atoms with van der Waals surface area (Å²) in [6.45, 7) is 6.50. The summed E-state index contributed by atoms with van der Waals surface area (Å²) in [5.74, 6) is 0. The van der Waals surface area contributed by atoms with Crippen molar-refractivity contribution in [1.29, 1.82) is 0 Å². The summed E-state index contributed by atoms with van der Waals surface area (Å²) in [4.78, 5) is 0. The molecular formula is C19H20. The summed E-state index contributed by atoms with van der Waals surface area (Å²) < 4.78 is 0. The van der Waals surface area contributed by atoms with Crippen LogP contribution in [0.2, 0.25) is 0 Å². The van der Waals surface area contributed by atoms with E-state index in [4.69, 9.17) is 0 Å². The van der Waals surface area contributed by atoms with Crippen molar-refractivity contribution in [3.8, 4) is 0 Å². The Morgan fingerprint density at radius 2 is 1.16 bits per heavy atom. The Kier molecular flexibility index (Phi) is 4.35. The first-order valence-corrected chi connectivity index (χ1v) is 6.65. The highest BCUT2D eigenvalue weighted by atomic mass is 14.1. The van der Waals surface area contributed by atoms with Gasteiger partial charge < -0.3 is 0 Å². The Bertz CT molecular complexity index is 582.